The van der Waals surface area contributed by atoms with E-state index in [0.29, 0.717) is 5.56 Å². The van der Waals surface area contributed by atoms with Crippen molar-refractivity contribution in [3.8, 4) is 0 Å². The molecular formula is C22H27NO3. The number of carbonyl (C=O) groups excluding carboxylic acids is 2. The Kier molecular flexibility index (Phi) is 7.44. The molecule has 0 bridgehead atoms. The number of hydrogen-bond donors (Lipinski definition) is 1. The van der Waals surface area contributed by atoms with Crippen LogP contribution >= 0.6 is 0 Å². The lowest BCUT2D eigenvalue weighted by atomic mass is 9.99. The van der Waals surface area contributed by atoms with Crippen LogP contribution < -0.4 is 0 Å². The maximum Gasteiger partial charge on any atom is 0.207 e. The van der Waals surface area contributed by atoms with Crippen molar-refractivity contribution in [2.75, 3.05) is 0 Å². The topological polar surface area (TPSA) is 66.7 Å². The normalized spacial score (nSPS) is 10.4. The van der Waals surface area contributed by atoms with Gasteiger partial charge in [0.2, 0.25) is 5.78 Å². The van der Waals surface area contributed by atoms with Crippen LogP contribution in [0.1, 0.15) is 61.0 Å². The average molecular weight is 353 g/mol. The Morgan fingerprint density at radius 3 is 1.42 bits per heavy atom. The molecule has 0 aliphatic heterocycles. The van der Waals surface area contributed by atoms with Crippen molar-refractivity contribution < 1.29 is 14.8 Å². The first kappa shape index (κ1) is 21.3. The molecule has 0 saturated carbocycles. The second kappa shape index (κ2) is 9.09. The minimum atomic E-state index is -0.279. The molecule has 138 valence electrons. The average Bonchev–Trinajstić information content (AvgIpc) is 2.57. The Bertz CT molecular complexity index is 818. The summed E-state index contributed by atoms with van der Waals surface area (Å²) in [6.07, 6.45) is 0.906. The van der Waals surface area contributed by atoms with Crippen LogP contribution in [0.4, 0.5) is 0 Å². The standard InChI is InChI=1S/C11H13NO2.C11H14O/c1-7-4-10(11(13)6-12-14)5-8(2)9(7)3;1-7-5-11(10(4)12)6-8(2)9(7)3/h4-6,14H,1-3H3;5-6H,1-4H3/b12-6+;. The summed E-state index contributed by atoms with van der Waals surface area (Å²) in [4.78, 5) is 22.4. The van der Waals surface area contributed by atoms with Gasteiger partial charge in [0.05, 0.1) is 0 Å². The number of nitrogens with zero attached hydrogens (tertiary/aromatic N) is 1. The van der Waals surface area contributed by atoms with Crippen LogP contribution in [0, 0.1) is 41.5 Å². The Hall–Kier alpha value is -2.75. The molecule has 0 spiro atoms. The molecule has 2 aromatic carbocycles. The van der Waals surface area contributed by atoms with E-state index in [2.05, 4.69) is 12.1 Å². The van der Waals surface area contributed by atoms with E-state index in [1.807, 2.05) is 46.8 Å². The van der Waals surface area contributed by atoms with Gasteiger partial charge in [0.1, 0.15) is 6.21 Å². The van der Waals surface area contributed by atoms with Crippen molar-refractivity contribution in [1.82, 2.24) is 0 Å². The second-order valence-electron chi connectivity index (χ2n) is 6.64. The van der Waals surface area contributed by atoms with Crippen molar-refractivity contribution >= 4 is 17.8 Å². The van der Waals surface area contributed by atoms with Gasteiger partial charge in [-0.25, -0.2) is 0 Å². The number of ketones is 2. The fraction of sp³-hybridized carbons (Fsp3) is 0.318. The fourth-order valence-electron chi connectivity index (χ4n) is 2.54. The zero-order chi connectivity index (χ0) is 20.0. The lowest BCUT2D eigenvalue weighted by Gasteiger charge is -2.06. The van der Waals surface area contributed by atoms with Gasteiger partial charge in [0.25, 0.3) is 0 Å². The van der Waals surface area contributed by atoms with E-state index in [9.17, 15) is 9.59 Å². The first-order valence-corrected chi connectivity index (χ1v) is 8.46. The molecule has 0 saturated heterocycles. The highest BCUT2D eigenvalue weighted by Gasteiger charge is 2.06. The monoisotopic (exact) mass is 353 g/mol. The number of carbonyl (C=O) groups is 2. The van der Waals surface area contributed by atoms with Gasteiger partial charge in [-0.3, -0.25) is 9.59 Å². The molecular weight excluding hydrogens is 326 g/mol. The third-order valence-electron chi connectivity index (χ3n) is 4.72. The number of hydrogen-bond acceptors (Lipinski definition) is 4. The highest BCUT2D eigenvalue weighted by molar-refractivity contribution is 6.35. The summed E-state index contributed by atoms with van der Waals surface area (Å²) in [6.45, 7) is 13.7. The van der Waals surface area contributed by atoms with Gasteiger partial charge in [-0.1, -0.05) is 5.16 Å². The van der Waals surface area contributed by atoms with Gasteiger partial charge in [0, 0.05) is 11.1 Å². The summed E-state index contributed by atoms with van der Waals surface area (Å²) in [7, 11) is 0. The minimum Gasteiger partial charge on any atom is -0.411 e. The van der Waals surface area contributed by atoms with Crippen molar-refractivity contribution in [2.45, 2.75) is 48.5 Å². The quantitative estimate of drug-likeness (QED) is 0.362. The summed E-state index contributed by atoms with van der Waals surface area (Å²) < 4.78 is 0. The van der Waals surface area contributed by atoms with Crippen molar-refractivity contribution in [3.63, 3.8) is 0 Å². The molecule has 0 radical (unpaired) electrons. The third-order valence-corrected chi connectivity index (χ3v) is 4.72. The van der Waals surface area contributed by atoms with Crippen LogP contribution in [-0.4, -0.2) is 23.0 Å². The summed E-state index contributed by atoms with van der Waals surface area (Å²) in [5.74, 6) is -0.139. The van der Waals surface area contributed by atoms with Crippen LogP contribution in [0.25, 0.3) is 0 Å². The van der Waals surface area contributed by atoms with Gasteiger partial charge >= 0.3 is 0 Å². The van der Waals surface area contributed by atoms with Crippen molar-refractivity contribution in [1.29, 1.82) is 0 Å². The molecule has 0 aromatic heterocycles. The zero-order valence-electron chi connectivity index (χ0n) is 16.6. The number of aryl methyl sites for hydroxylation is 4. The van der Waals surface area contributed by atoms with Crippen LogP contribution in [0.5, 0.6) is 0 Å². The molecule has 0 unspecified atom stereocenters. The van der Waals surface area contributed by atoms with E-state index < -0.39 is 0 Å². The summed E-state index contributed by atoms with van der Waals surface area (Å²) >= 11 is 0. The Labute approximate surface area is 155 Å². The smallest absolute Gasteiger partial charge is 0.207 e. The number of Topliss-reactive ketones (excluding diaryl/α,β-unsaturated/α-hetero) is 2. The molecule has 4 heteroatoms. The van der Waals surface area contributed by atoms with Gasteiger partial charge in [-0.2, -0.15) is 0 Å². The highest BCUT2D eigenvalue weighted by Crippen LogP contribution is 2.16. The Balaban J connectivity index is 0.000000263. The van der Waals surface area contributed by atoms with Crippen LogP contribution in [0.2, 0.25) is 0 Å². The lowest BCUT2D eigenvalue weighted by molar-refractivity contribution is 0.101. The molecule has 0 aliphatic carbocycles. The molecule has 0 heterocycles. The largest absolute Gasteiger partial charge is 0.411 e. The molecule has 0 aliphatic rings. The molecule has 2 aromatic rings. The van der Waals surface area contributed by atoms with E-state index in [1.54, 1.807) is 19.1 Å². The van der Waals surface area contributed by atoms with Gasteiger partial charge in [0.15, 0.2) is 5.78 Å². The first-order valence-electron chi connectivity index (χ1n) is 8.46. The minimum absolute atomic E-state index is 0.140. The van der Waals surface area contributed by atoms with E-state index in [1.165, 1.54) is 22.3 Å². The maximum absolute atomic E-state index is 11.4. The third kappa shape index (κ3) is 5.38. The molecule has 26 heavy (non-hydrogen) atoms. The van der Waals surface area contributed by atoms with Crippen molar-refractivity contribution in [2.24, 2.45) is 5.16 Å². The van der Waals surface area contributed by atoms with Crippen LogP contribution in [0.15, 0.2) is 29.4 Å². The highest BCUT2D eigenvalue weighted by atomic mass is 16.4. The second-order valence-corrected chi connectivity index (χ2v) is 6.64. The van der Waals surface area contributed by atoms with Gasteiger partial charge in [-0.05, 0) is 106 Å². The number of oxime groups is 1. The lowest BCUT2D eigenvalue weighted by Crippen LogP contribution is -2.02. The Morgan fingerprint density at radius 1 is 0.769 bits per heavy atom. The van der Waals surface area contributed by atoms with Crippen LogP contribution in [-0.2, 0) is 0 Å². The van der Waals surface area contributed by atoms with Gasteiger partial charge in [-0.15, -0.1) is 0 Å². The molecule has 0 amide bonds. The summed E-state index contributed by atoms with van der Waals surface area (Å²) in [5.41, 5.74) is 8.36. The van der Waals surface area contributed by atoms with Crippen LogP contribution in [0.3, 0.4) is 0 Å². The predicted octanol–water partition coefficient (Wildman–Crippen LogP) is 5.07. The Morgan fingerprint density at radius 2 is 1.12 bits per heavy atom. The van der Waals surface area contributed by atoms with E-state index >= 15 is 0 Å². The zero-order valence-corrected chi connectivity index (χ0v) is 16.6. The molecule has 4 nitrogen and oxygen atoms in total. The first-order chi connectivity index (χ1) is 12.1. The van der Waals surface area contributed by atoms with E-state index in [0.717, 1.165) is 22.9 Å². The molecule has 2 rings (SSSR count). The summed E-state index contributed by atoms with van der Waals surface area (Å²) in [5, 5.41) is 11.0. The fourth-order valence-corrected chi connectivity index (χ4v) is 2.54. The molecule has 0 fully saturated rings. The predicted molar refractivity (Wildman–Crippen MR) is 106 cm³/mol. The SMILES string of the molecule is CC(=O)c1cc(C)c(C)c(C)c1.Cc1cc(C(=O)/C=N/O)cc(C)c1C. The number of rotatable bonds is 3. The molecule has 0 atom stereocenters. The van der Waals surface area contributed by atoms with E-state index in [-0.39, 0.29) is 11.6 Å². The summed E-state index contributed by atoms with van der Waals surface area (Å²) in [6, 6.07) is 7.49. The molecule has 1 N–H and O–H groups in total. The van der Waals surface area contributed by atoms with E-state index in [4.69, 9.17) is 5.21 Å². The van der Waals surface area contributed by atoms with Gasteiger partial charge < -0.3 is 5.21 Å². The van der Waals surface area contributed by atoms with Crippen molar-refractivity contribution in [3.05, 3.63) is 68.8 Å². The number of benzene rings is 2. The maximum atomic E-state index is 11.4.